The molecule has 3 heterocycles. The number of aromatic nitrogens is 2. The number of likely N-dealkylation sites (tertiary alicyclic amines) is 1. The van der Waals surface area contributed by atoms with E-state index in [1.165, 1.54) is 44.3 Å². The van der Waals surface area contributed by atoms with Crippen LogP contribution in [0.25, 0.3) is 0 Å². The van der Waals surface area contributed by atoms with Crippen molar-refractivity contribution in [1.29, 1.82) is 0 Å². The number of piperidine rings is 2. The lowest BCUT2D eigenvalue weighted by Crippen LogP contribution is -2.54. The fourth-order valence-corrected chi connectivity index (χ4v) is 5.73. The topological polar surface area (TPSA) is 99.4 Å². The summed E-state index contributed by atoms with van der Waals surface area (Å²) in [5, 5.41) is 6.55. The standard InChI is InChI=1S/C27H39N7O/c1-18-24(30-19(2)35)4-3-13-34(18)26-17-29-25(16-28)27(32-26)31-22-7-5-20(6-8-22)21-11-14-33(15-12-21)23-9-10-23/h5-8,17-18,21,23-24H,3-4,9-16,28H2,1-2H3,(H,30,35)(H,31,32)/t18-,24-/m1/s1. The minimum atomic E-state index is 0.00697. The van der Waals surface area contributed by atoms with Crippen LogP contribution in [0, 0.1) is 0 Å². The van der Waals surface area contributed by atoms with Crippen molar-refractivity contribution in [2.75, 3.05) is 29.9 Å². The molecule has 0 unspecified atom stereocenters. The van der Waals surface area contributed by atoms with E-state index in [1.807, 2.05) is 0 Å². The van der Waals surface area contributed by atoms with Crippen LogP contribution in [0.5, 0.6) is 0 Å². The molecular formula is C27H39N7O. The highest BCUT2D eigenvalue weighted by molar-refractivity contribution is 5.73. The molecule has 2 saturated heterocycles. The van der Waals surface area contributed by atoms with Crippen molar-refractivity contribution in [1.82, 2.24) is 20.2 Å². The second-order valence-electron chi connectivity index (χ2n) is 10.4. The zero-order valence-corrected chi connectivity index (χ0v) is 21.0. The molecule has 3 aliphatic rings. The van der Waals surface area contributed by atoms with E-state index in [-0.39, 0.29) is 18.0 Å². The highest BCUT2D eigenvalue weighted by Crippen LogP contribution is 2.35. The maximum absolute atomic E-state index is 11.6. The molecule has 1 aromatic heterocycles. The molecule has 8 heteroatoms. The van der Waals surface area contributed by atoms with Gasteiger partial charge >= 0.3 is 0 Å². The Morgan fingerprint density at radius 1 is 1.09 bits per heavy atom. The normalized spacial score (nSPS) is 23.8. The Balaban J connectivity index is 1.27. The third kappa shape index (κ3) is 5.59. The Morgan fingerprint density at radius 2 is 1.83 bits per heavy atom. The molecule has 0 radical (unpaired) electrons. The molecule has 1 saturated carbocycles. The van der Waals surface area contributed by atoms with Crippen molar-refractivity contribution in [3.8, 4) is 0 Å². The first-order valence-electron chi connectivity index (χ1n) is 13.2. The molecule has 1 aromatic carbocycles. The Labute approximate surface area is 208 Å². The minimum Gasteiger partial charge on any atom is -0.352 e. The maximum atomic E-state index is 11.6. The second-order valence-corrected chi connectivity index (χ2v) is 10.4. The Kier molecular flexibility index (Phi) is 7.20. The maximum Gasteiger partial charge on any atom is 0.217 e. The molecule has 5 rings (SSSR count). The predicted octanol–water partition coefficient (Wildman–Crippen LogP) is 3.51. The molecule has 0 bridgehead atoms. The number of carbonyl (C=O) groups excluding carboxylic acids is 1. The van der Waals surface area contributed by atoms with Crippen LogP contribution in [0.1, 0.15) is 69.5 Å². The van der Waals surface area contributed by atoms with Crippen LogP contribution >= 0.6 is 0 Å². The minimum absolute atomic E-state index is 0.00697. The number of nitrogens with one attached hydrogen (secondary N) is 2. The van der Waals surface area contributed by atoms with Gasteiger partial charge in [-0.1, -0.05) is 12.1 Å². The third-order valence-electron chi connectivity index (χ3n) is 7.94. The lowest BCUT2D eigenvalue weighted by Gasteiger charge is -2.40. The number of rotatable bonds is 7. The number of amides is 1. The van der Waals surface area contributed by atoms with Gasteiger partial charge in [0.2, 0.25) is 5.91 Å². The van der Waals surface area contributed by atoms with Crippen LogP contribution in [-0.4, -0.2) is 58.5 Å². The summed E-state index contributed by atoms with van der Waals surface area (Å²) in [5.74, 6) is 2.17. The van der Waals surface area contributed by atoms with Gasteiger partial charge in [-0.05, 0) is 82.2 Å². The zero-order valence-electron chi connectivity index (χ0n) is 21.0. The van der Waals surface area contributed by atoms with Crippen molar-refractivity contribution in [3.05, 3.63) is 41.7 Å². The summed E-state index contributed by atoms with van der Waals surface area (Å²) in [6.07, 6.45) is 9.07. The Morgan fingerprint density at radius 3 is 2.49 bits per heavy atom. The van der Waals surface area contributed by atoms with E-state index in [4.69, 9.17) is 10.7 Å². The van der Waals surface area contributed by atoms with Gasteiger partial charge in [0.25, 0.3) is 0 Å². The summed E-state index contributed by atoms with van der Waals surface area (Å²) in [5.41, 5.74) is 9.15. The smallest absolute Gasteiger partial charge is 0.217 e. The van der Waals surface area contributed by atoms with Gasteiger partial charge in [0.1, 0.15) is 5.82 Å². The van der Waals surface area contributed by atoms with E-state index in [0.717, 1.165) is 42.6 Å². The SMILES string of the molecule is CC(=O)N[C@@H]1CCCN(c2cnc(CN)c(Nc3ccc(C4CCN(C5CC5)CC4)cc3)n2)[C@@H]1C. The second kappa shape index (κ2) is 10.5. The van der Waals surface area contributed by atoms with Gasteiger partial charge in [0.05, 0.1) is 11.9 Å². The van der Waals surface area contributed by atoms with Gasteiger partial charge < -0.3 is 26.2 Å². The van der Waals surface area contributed by atoms with Crippen LogP contribution in [0.2, 0.25) is 0 Å². The third-order valence-corrected chi connectivity index (χ3v) is 7.94. The molecule has 1 amide bonds. The summed E-state index contributed by atoms with van der Waals surface area (Å²) in [7, 11) is 0. The summed E-state index contributed by atoms with van der Waals surface area (Å²) >= 11 is 0. The van der Waals surface area contributed by atoms with Crippen molar-refractivity contribution in [2.45, 2.75) is 83.0 Å². The van der Waals surface area contributed by atoms with Gasteiger partial charge in [-0.2, -0.15) is 0 Å². The largest absolute Gasteiger partial charge is 0.352 e. The number of nitrogens with zero attached hydrogens (tertiary/aromatic N) is 4. The number of carbonyl (C=O) groups is 1. The molecule has 2 atom stereocenters. The van der Waals surface area contributed by atoms with Crippen LogP contribution in [0.4, 0.5) is 17.3 Å². The van der Waals surface area contributed by atoms with E-state index in [0.29, 0.717) is 18.3 Å². The Hall–Kier alpha value is -2.71. The number of hydrogen-bond acceptors (Lipinski definition) is 7. The average molecular weight is 478 g/mol. The molecule has 188 valence electrons. The Bertz CT molecular complexity index is 1010. The van der Waals surface area contributed by atoms with Crippen LogP contribution < -0.4 is 21.3 Å². The fourth-order valence-electron chi connectivity index (χ4n) is 5.73. The molecule has 2 aromatic rings. The molecule has 8 nitrogen and oxygen atoms in total. The van der Waals surface area contributed by atoms with Gasteiger partial charge in [-0.3, -0.25) is 9.78 Å². The fraction of sp³-hybridized carbons (Fsp3) is 0.593. The quantitative estimate of drug-likeness (QED) is 0.561. The van der Waals surface area contributed by atoms with Gasteiger partial charge in [0, 0.05) is 43.8 Å². The van der Waals surface area contributed by atoms with Crippen LogP contribution in [-0.2, 0) is 11.3 Å². The molecule has 35 heavy (non-hydrogen) atoms. The molecule has 2 aliphatic heterocycles. The van der Waals surface area contributed by atoms with Crippen molar-refractivity contribution in [3.63, 3.8) is 0 Å². The average Bonchev–Trinajstić information content (AvgIpc) is 3.71. The lowest BCUT2D eigenvalue weighted by molar-refractivity contribution is -0.119. The zero-order chi connectivity index (χ0) is 24.4. The first-order valence-corrected chi connectivity index (χ1v) is 13.2. The monoisotopic (exact) mass is 477 g/mol. The highest BCUT2D eigenvalue weighted by Gasteiger charge is 2.32. The first kappa shape index (κ1) is 24.0. The van der Waals surface area contributed by atoms with Crippen molar-refractivity contribution < 1.29 is 4.79 Å². The van der Waals surface area contributed by atoms with Gasteiger partial charge in [0.15, 0.2) is 5.82 Å². The van der Waals surface area contributed by atoms with Crippen molar-refractivity contribution >= 4 is 23.2 Å². The van der Waals surface area contributed by atoms with Crippen molar-refractivity contribution in [2.24, 2.45) is 5.73 Å². The van der Waals surface area contributed by atoms with E-state index < -0.39 is 0 Å². The lowest BCUT2D eigenvalue weighted by atomic mass is 9.89. The number of benzene rings is 1. The first-order chi connectivity index (χ1) is 17.0. The van der Waals surface area contributed by atoms with E-state index in [1.54, 1.807) is 13.1 Å². The van der Waals surface area contributed by atoms with Gasteiger partial charge in [-0.25, -0.2) is 4.98 Å². The number of anilines is 3. The van der Waals surface area contributed by atoms with E-state index in [2.05, 4.69) is 56.6 Å². The van der Waals surface area contributed by atoms with Crippen LogP contribution in [0.3, 0.4) is 0 Å². The van der Waals surface area contributed by atoms with Gasteiger partial charge in [-0.15, -0.1) is 0 Å². The molecular weight excluding hydrogens is 438 g/mol. The summed E-state index contributed by atoms with van der Waals surface area (Å²) in [6.45, 7) is 7.38. The molecule has 3 fully saturated rings. The number of hydrogen-bond donors (Lipinski definition) is 3. The summed E-state index contributed by atoms with van der Waals surface area (Å²) < 4.78 is 0. The molecule has 1 aliphatic carbocycles. The highest BCUT2D eigenvalue weighted by atomic mass is 16.1. The summed E-state index contributed by atoms with van der Waals surface area (Å²) in [6, 6.07) is 9.93. The van der Waals surface area contributed by atoms with E-state index in [9.17, 15) is 4.79 Å². The number of nitrogens with two attached hydrogens (primary N) is 1. The predicted molar refractivity (Wildman–Crippen MR) is 140 cm³/mol. The molecule has 4 N–H and O–H groups in total. The van der Waals surface area contributed by atoms with E-state index >= 15 is 0 Å². The summed E-state index contributed by atoms with van der Waals surface area (Å²) in [4.78, 5) is 26.1. The van der Waals surface area contributed by atoms with Crippen LogP contribution in [0.15, 0.2) is 30.5 Å². The molecule has 0 spiro atoms.